The van der Waals surface area contributed by atoms with Gasteiger partial charge in [-0.15, -0.1) is 0 Å². The zero-order chi connectivity index (χ0) is 15.4. The van der Waals surface area contributed by atoms with Gasteiger partial charge >= 0.3 is 0 Å². The van der Waals surface area contributed by atoms with Gasteiger partial charge in [-0.05, 0) is 19.4 Å². The Balaban J connectivity index is 1.66. The molecule has 120 valence electrons. The first-order valence-electron chi connectivity index (χ1n) is 7.87. The van der Waals surface area contributed by atoms with Crippen molar-refractivity contribution in [1.29, 1.82) is 0 Å². The van der Waals surface area contributed by atoms with Gasteiger partial charge in [0, 0.05) is 20.1 Å². The Morgan fingerprint density at radius 3 is 2.95 bits per heavy atom. The zero-order valence-electron chi connectivity index (χ0n) is 13.0. The lowest BCUT2D eigenvalue weighted by molar-refractivity contribution is -0.136. The predicted molar refractivity (Wildman–Crippen MR) is 82.5 cm³/mol. The van der Waals surface area contributed by atoms with Gasteiger partial charge in [0.05, 0.1) is 43.9 Å². The maximum atomic E-state index is 12.4. The highest BCUT2D eigenvalue weighted by molar-refractivity contribution is 5.78. The van der Waals surface area contributed by atoms with Crippen molar-refractivity contribution in [2.24, 2.45) is 0 Å². The van der Waals surface area contributed by atoms with Crippen molar-refractivity contribution in [2.45, 2.75) is 18.9 Å². The maximum absolute atomic E-state index is 12.4. The minimum Gasteiger partial charge on any atom is -0.378 e. The number of carbonyl (C=O) groups is 1. The van der Waals surface area contributed by atoms with Crippen LogP contribution in [0.1, 0.15) is 24.6 Å². The number of hydrogen-bond donors (Lipinski definition) is 1. The van der Waals surface area contributed by atoms with E-state index >= 15 is 0 Å². The normalized spacial score (nSPS) is 22.8. The van der Waals surface area contributed by atoms with Gasteiger partial charge in [-0.2, -0.15) is 0 Å². The number of nitrogens with one attached hydrogen (secondary N) is 1. The van der Waals surface area contributed by atoms with Gasteiger partial charge in [0.1, 0.15) is 5.82 Å². The summed E-state index contributed by atoms with van der Waals surface area (Å²) in [4.78, 5) is 25.4. The topological polar surface area (TPSA) is 70.6 Å². The van der Waals surface area contributed by atoms with Crippen LogP contribution in [-0.2, 0) is 9.53 Å². The maximum Gasteiger partial charge on any atom is 0.236 e. The molecule has 2 aliphatic rings. The molecule has 2 aliphatic heterocycles. The number of anilines is 1. The van der Waals surface area contributed by atoms with E-state index in [9.17, 15) is 4.79 Å². The molecule has 3 rings (SSSR count). The summed E-state index contributed by atoms with van der Waals surface area (Å²) >= 11 is 0. The van der Waals surface area contributed by atoms with Crippen LogP contribution in [-0.4, -0.2) is 72.1 Å². The van der Waals surface area contributed by atoms with Crippen LogP contribution in [0.2, 0.25) is 0 Å². The van der Waals surface area contributed by atoms with Gasteiger partial charge in [0.15, 0.2) is 0 Å². The highest BCUT2D eigenvalue weighted by atomic mass is 16.5. The van der Waals surface area contributed by atoms with E-state index in [0.29, 0.717) is 32.8 Å². The molecule has 0 unspecified atom stereocenters. The molecule has 1 atom stereocenters. The Morgan fingerprint density at radius 1 is 1.36 bits per heavy atom. The standard InChI is InChI=1S/C15H23N5O2/c1-16-14-10-17-9-12(18-14)13-3-2-4-20(13)11-15(21)19-5-7-22-8-6-19/h9-10,13H,2-8,11H2,1H3,(H,16,18)/t13-/m0/s1. The first-order valence-corrected chi connectivity index (χ1v) is 7.87. The van der Waals surface area contributed by atoms with E-state index in [2.05, 4.69) is 20.2 Å². The van der Waals surface area contributed by atoms with Gasteiger partial charge in [-0.3, -0.25) is 14.7 Å². The van der Waals surface area contributed by atoms with Crippen molar-refractivity contribution < 1.29 is 9.53 Å². The van der Waals surface area contributed by atoms with Crippen molar-refractivity contribution in [1.82, 2.24) is 19.8 Å². The average molecular weight is 305 g/mol. The quantitative estimate of drug-likeness (QED) is 0.874. The number of morpholine rings is 1. The van der Waals surface area contributed by atoms with Crippen LogP contribution in [0.5, 0.6) is 0 Å². The smallest absolute Gasteiger partial charge is 0.236 e. The Kier molecular flexibility index (Phi) is 4.84. The highest BCUT2D eigenvalue weighted by Crippen LogP contribution is 2.30. The third kappa shape index (κ3) is 3.36. The van der Waals surface area contributed by atoms with Crippen LogP contribution in [0.4, 0.5) is 5.82 Å². The number of aromatic nitrogens is 2. The molecule has 1 aromatic rings. The molecule has 0 radical (unpaired) electrons. The van der Waals surface area contributed by atoms with Gasteiger partial charge in [0.25, 0.3) is 0 Å². The van der Waals surface area contributed by atoms with E-state index in [1.165, 1.54) is 0 Å². The summed E-state index contributed by atoms with van der Waals surface area (Å²) in [6.45, 7) is 4.08. The van der Waals surface area contributed by atoms with E-state index in [1.54, 1.807) is 6.20 Å². The SMILES string of the molecule is CNc1cncc([C@@H]2CCCN2CC(=O)N2CCOCC2)n1. The van der Waals surface area contributed by atoms with Crippen molar-refractivity contribution in [3.05, 3.63) is 18.1 Å². The summed E-state index contributed by atoms with van der Waals surface area (Å²) in [5, 5.41) is 3.02. The van der Waals surface area contributed by atoms with E-state index in [4.69, 9.17) is 4.74 Å². The van der Waals surface area contributed by atoms with E-state index < -0.39 is 0 Å². The largest absolute Gasteiger partial charge is 0.378 e. The molecule has 3 heterocycles. The second-order valence-corrected chi connectivity index (χ2v) is 5.70. The number of hydrogen-bond acceptors (Lipinski definition) is 6. The van der Waals surface area contributed by atoms with Crippen molar-refractivity contribution in [2.75, 3.05) is 51.8 Å². The Hall–Kier alpha value is -1.73. The molecule has 0 aromatic carbocycles. The van der Waals surface area contributed by atoms with Gasteiger partial charge < -0.3 is 15.0 Å². The number of rotatable bonds is 4. The monoisotopic (exact) mass is 305 g/mol. The second-order valence-electron chi connectivity index (χ2n) is 5.70. The van der Waals surface area contributed by atoms with E-state index in [-0.39, 0.29) is 11.9 Å². The Labute approximate surface area is 130 Å². The molecule has 7 heteroatoms. The van der Waals surface area contributed by atoms with Gasteiger partial charge in [-0.1, -0.05) is 0 Å². The molecule has 1 amide bonds. The molecule has 0 saturated carbocycles. The molecule has 0 bridgehead atoms. The fourth-order valence-corrected chi connectivity index (χ4v) is 3.10. The first kappa shape index (κ1) is 15.2. The summed E-state index contributed by atoms with van der Waals surface area (Å²) in [6, 6.07) is 0.186. The lowest BCUT2D eigenvalue weighted by Crippen LogP contribution is -2.45. The van der Waals surface area contributed by atoms with Crippen LogP contribution >= 0.6 is 0 Å². The molecule has 1 N–H and O–H groups in total. The second kappa shape index (κ2) is 7.02. The molecular weight excluding hydrogens is 282 g/mol. The molecule has 0 spiro atoms. The van der Waals surface area contributed by atoms with Gasteiger partial charge in [-0.25, -0.2) is 4.98 Å². The highest BCUT2D eigenvalue weighted by Gasteiger charge is 2.30. The third-order valence-electron chi connectivity index (χ3n) is 4.32. The number of ether oxygens (including phenoxy) is 1. The molecule has 22 heavy (non-hydrogen) atoms. The average Bonchev–Trinajstić information content (AvgIpc) is 3.04. The minimum absolute atomic E-state index is 0.186. The van der Waals surface area contributed by atoms with E-state index in [1.807, 2.05) is 18.1 Å². The van der Waals surface area contributed by atoms with Crippen LogP contribution in [0.3, 0.4) is 0 Å². The third-order valence-corrected chi connectivity index (χ3v) is 4.32. The van der Waals surface area contributed by atoms with E-state index in [0.717, 1.165) is 30.9 Å². The number of carbonyl (C=O) groups excluding carboxylic acids is 1. The van der Waals surface area contributed by atoms with Crippen LogP contribution in [0.15, 0.2) is 12.4 Å². The number of amides is 1. The predicted octanol–water partition coefficient (Wildman–Crippen LogP) is 0.514. The molecule has 0 aliphatic carbocycles. The van der Waals surface area contributed by atoms with Crippen LogP contribution in [0, 0.1) is 0 Å². The molecular formula is C15H23N5O2. The summed E-state index contributed by atoms with van der Waals surface area (Å²) in [5.74, 6) is 0.955. The summed E-state index contributed by atoms with van der Waals surface area (Å²) < 4.78 is 5.30. The van der Waals surface area contributed by atoms with Crippen molar-refractivity contribution in [3.63, 3.8) is 0 Å². The number of likely N-dealkylation sites (tertiary alicyclic amines) is 1. The van der Waals surface area contributed by atoms with Crippen molar-refractivity contribution >= 4 is 11.7 Å². The molecule has 2 saturated heterocycles. The molecule has 2 fully saturated rings. The summed E-state index contributed by atoms with van der Waals surface area (Å²) in [6.07, 6.45) is 5.63. The summed E-state index contributed by atoms with van der Waals surface area (Å²) in [5.41, 5.74) is 0.944. The lowest BCUT2D eigenvalue weighted by Gasteiger charge is -2.30. The zero-order valence-corrected chi connectivity index (χ0v) is 13.0. The van der Waals surface area contributed by atoms with Crippen LogP contribution < -0.4 is 5.32 Å². The summed E-state index contributed by atoms with van der Waals surface area (Å²) in [7, 11) is 1.84. The fraction of sp³-hybridized carbons (Fsp3) is 0.667. The molecule has 1 aromatic heterocycles. The fourth-order valence-electron chi connectivity index (χ4n) is 3.10. The van der Waals surface area contributed by atoms with Crippen LogP contribution in [0.25, 0.3) is 0 Å². The number of nitrogens with zero attached hydrogens (tertiary/aromatic N) is 4. The van der Waals surface area contributed by atoms with Crippen molar-refractivity contribution in [3.8, 4) is 0 Å². The Bertz CT molecular complexity index is 518. The lowest BCUT2D eigenvalue weighted by atomic mass is 10.1. The first-order chi connectivity index (χ1) is 10.8. The minimum atomic E-state index is 0.186. The molecule has 7 nitrogen and oxygen atoms in total. The Morgan fingerprint density at radius 2 is 2.18 bits per heavy atom. The van der Waals surface area contributed by atoms with Gasteiger partial charge in [0.2, 0.25) is 5.91 Å².